The number of rotatable bonds is 2. The molecule has 0 amide bonds. The molecule has 6 heteroatoms. The van der Waals surface area contributed by atoms with Gasteiger partial charge in [-0.3, -0.25) is 9.20 Å². The predicted molar refractivity (Wildman–Crippen MR) is 99.8 cm³/mol. The Kier molecular flexibility index (Phi) is 6.60. The molecule has 0 radical (unpaired) electrons. The molecule has 0 spiro atoms. The van der Waals surface area contributed by atoms with E-state index in [1.54, 1.807) is 19.9 Å². The van der Waals surface area contributed by atoms with Gasteiger partial charge >= 0.3 is 0 Å². The van der Waals surface area contributed by atoms with Crippen molar-refractivity contribution in [3.63, 3.8) is 0 Å². The summed E-state index contributed by atoms with van der Waals surface area (Å²) in [5.41, 5.74) is 1.89. The summed E-state index contributed by atoms with van der Waals surface area (Å²) in [4.78, 5) is 12.4. The van der Waals surface area contributed by atoms with Gasteiger partial charge in [0.25, 0.3) is 5.56 Å². The fourth-order valence-electron chi connectivity index (χ4n) is 2.02. The van der Waals surface area contributed by atoms with Gasteiger partial charge in [-0.15, -0.1) is 0 Å². The first-order valence-electron chi connectivity index (χ1n) is 7.90. The molecule has 2 heterocycles. The number of hydrogen-bond acceptors (Lipinski definition) is 2. The lowest BCUT2D eigenvalue weighted by Gasteiger charge is -2.15. The number of halogens is 1. The Morgan fingerprint density at radius 1 is 1.25 bits per heavy atom. The molecule has 0 saturated carbocycles. The van der Waals surface area contributed by atoms with E-state index in [0.29, 0.717) is 22.4 Å². The monoisotopic (exact) mass is 352 g/mol. The molecule has 0 aliphatic carbocycles. The van der Waals surface area contributed by atoms with Crippen molar-refractivity contribution in [3.8, 4) is 0 Å². The van der Waals surface area contributed by atoms with Crippen LogP contribution in [0.3, 0.4) is 0 Å². The van der Waals surface area contributed by atoms with Crippen LogP contribution in [0.5, 0.6) is 0 Å². The molecule has 2 aromatic rings. The summed E-state index contributed by atoms with van der Waals surface area (Å²) in [7, 11) is -1.40. The van der Waals surface area contributed by atoms with Crippen molar-refractivity contribution < 1.29 is 8.60 Å². The van der Waals surface area contributed by atoms with Crippen molar-refractivity contribution >= 4 is 22.2 Å². The second kappa shape index (κ2) is 7.83. The van der Waals surface area contributed by atoms with Crippen molar-refractivity contribution in [1.82, 2.24) is 4.40 Å². The van der Waals surface area contributed by atoms with Crippen molar-refractivity contribution in [2.75, 3.05) is 0 Å². The topological polar surface area (TPSA) is 50.9 Å². The van der Waals surface area contributed by atoms with Crippen LogP contribution in [0.4, 0.5) is 4.39 Å². The third kappa shape index (κ3) is 4.38. The van der Waals surface area contributed by atoms with Crippen LogP contribution in [0.1, 0.15) is 52.7 Å². The van der Waals surface area contributed by atoms with Crippen molar-refractivity contribution in [2.24, 2.45) is 4.40 Å². The van der Waals surface area contributed by atoms with E-state index in [0.717, 1.165) is 6.20 Å². The van der Waals surface area contributed by atoms with Gasteiger partial charge in [-0.25, -0.2) is 8.60 Å². The number of aromatic nitrogens is 1. The summed E-state index contributed by atoms with van der Waals surface area (Å²) in [6.45, 7) is 12.9. The van der Waals surface area contributed by atoms with Gasteiger partial charge in [0.2, 0.25) is 0 Å². The maximum atomic E-state index is 13.3. The van der Waals surface area contributed by atoms with Crippen molar-refractivity contribution in [2.45, 2.75) is 53.2 Å². The molecule has 1 atom stereocenters. The van der Waals surface area contributed by atoms with Crippen LogP contribution >= 0.6 is 0 Å². The summed E-state index contributed by atoms with van der Waals surface area (Å²) in [5, 5.41) is 0. The number of nitrogens with zero attached hydrogens (tertiary/aromatic N) is 2. The third-order valence-electron chi connectivity index (χ3n) is 3.31. The highest BCUT2D eigenvalue weighted by Gasteiger charge is 2.20. The Labute approximate surface area is 145 Å². The first-order chi connectivity index (χ1) is 11.1. The lowest BCUT2D eigenvalue weighted by Crippen LogP contribution is -2.23. The Bertz CT molecular complexity index is 848. The van der Waals surface area contributed by atoms with E-state index in [4.69, 9.17) is 0 Å². The minimum Gasteiger partial charge on any atom is -0.281 e. The smallest absolute Gasteiger partial charge is 0.258 e. The van der Waals surface area contributed by atoms with E-state index >= 15 is 0 Å². The van der Waals surface area contributed by atoms with Crippen LogP contribution in [-0.4, -0.2) is 19.1 Å². The van der Waals surface area contributed by atoms with E-state index in [9.17, 15) is 13.4 Å². The quantitative estimate of drug-likeness (QED) is 0.766. The van der Waals surface area contributed by atoms with Crippen LogP contribution in [0, 0.1) is 12.7 Å². The van der Waals surface area contributed by atoms with Gasteiger partial charge in [0.15, 0.2) is 0 Å². The van der Waals surface area contributed by atoms with Crippen molar-refractivity contribution in [1.29, 1.82) is 0 Å². The SMILES string of the molecule is C/C(=N\S(=O)C(C)(C)C)c1cc2ccc(F)cn2c(=O)c1C.CC. The first-order valence-corrected chi connectivity index (χ1v) is 9.01. The maximum Gasteiger partial charge on any atom is 0.258 e. The van der Waals surface area contributed by atoms with E-state index in [2.05, 4.69) is 4.40 Å². The van der Waals surface area contributed by atoms with E-state index in [1.165, 1.54) is 16.5 Å². The molecule has 24 heavy (non-hydrogen) atoms. The normalized spacial score (nSPS) is 13.4. The van der Waals surface area contributed by atoms with Gasteiger partial charge in [-0.2, -0.15) is 4.40 Å². The highest BCUT2D eigenvalue weighted by Crippen LogP contribution is 2.16. The zero-order valence-corrected chi connectivity index (χ0v) is 16.1. The molecule has 2 aromatic heterocycles. The van der Waals surface area contributed by atoms with Crippen LogP contribution in [0.2, 0.25) is 0 Å². The second-order valence-electron chi connectivity index (χ2n) is 6.17. The Morgan fingerprint density at radius 2 is 1.83 bits per heavy atom. The predicted octanol–water partition coefficient (Wildman–Crippen LogP) is 4.04. The summed E-state index contributed by atoms with van der Waals surface area (Å²) in [6.07, 6.45) is 1.16. The van der Waals surface area contributed by atoms with Gasteiger partial charge in [0.1, 0.15) is 16.8 Å². The number of fused-ring (bicyclic) bond motifs is 1. The van der Waals surface area contributed by atoms with E-state index < -0.39 is 21.5 Å². The Balaban J connectivity index is 0.00000139. The lowest BCUT2D eigenvalue weighted by atomic mass is 10.1. The summed E-state index contributed by atoms with van der Waals surface area (Å²) < 4.78 is 30.4. The molecular formula is C18H25FN2O2S. The van der Waals surface area contributed by atoms with Crippen molar-refractivity contribution in [3.05, 3.63) is 51.7 Å². The molecule has 0 N–H and O–H groups in total. The molecule has 0 aliphatic rings. The maximum absolute atomic E-state index is 13.3. The molecule has 1 unspecified atom stereocenters. The molecule has 132 valence electrons. The third-order valence-corrected chi connectivity index (χ3v) is 4.80. The van der Waals surface area contributed by atoms with E-state index in [1.807, 2.05) is 34.6 Å². The van der Waals surface area contributed by atoms with E-state index in [-0.39, 0.29) is 5.56 Å². The highest BCUT2D eigenvalue weighted by atomic mass is 32.2. The molecule has 4 nitrogen and oxygen atoms in total. The van der Waals surface area contributed by atoms with Gasteiger partial charge in [-0.1, -0.05) is 13.8 Å². The summed E-state index contributed by atoms with van der Waals surface area (Å²) in [5.74, 6) is -0.471. The van der Waals surface area contributed by atoms with Gasteiger partial charge < -0.3 is 0 Å². The molecule has 0 bridgehead atoms. The highest BCUT2D eigenvalue weighted by molar-refractivity contribution is 7.85. The van der Waals surface area contributed by atoms with Crippen LogP contribution in [0.15, 0.2) is 33.6 Å². The van der Waals surface area contributed by atoms with Crippen LogP contribution in [0.25, 0.3) is 5.52 Å². The second-order valence-corrected chi connectivity index (χ2v) is 8.07. The minimum atomic E-state index is -1.40. The first kappa shape index (κ1) is 20.2. The van der Waals surface area contributed by atoms with Gasteiger partial charge in [-0.05, 0) is 52.8 Å². The standard InChI is InChI=1S/C16H19FN2O2S.C2H6/c1-10-14(11(2)18-22(21)16(3,4)5)8-13-7-6-12(17)9-19(13)15(10)20;1-2/h6-9H,1-5H3;1-2H3/b18-11+;. The Hall–Kier alpha value is -1.82. The fourth-order valence-corrected chi connectivity index (χ4v) is 2.64. The Morgan fingerprint density at radius 3 is 2.38 bits per heavy atom. The summed E-state index contributed by atoms with van der Waals surface area (Å²) >= 11 is 0. The average molecular weight is 352 g/mol. The average Bonchev–Trinajstić information content (AvgIpc) is 2.52. The molecule has 0 fully saturated rings. The largest absolute Gasteiger partial charge is 0.281 e. The van der Waals surface area contributed by atoms with Gasteiger partial charge in [0.05, 0.1) is 10.5 Å². The molecule has 0 aliphatic heterocycles. The lowest BCUT2D eigenvalue weighted by molar-refractivity contribution is 0.618. The molecule has 0 saturated heterocycles. The minimum absolute atomic E-state index is 0.303. The zero-order chi connectivity index (χ0) is 18.7. The number of pyridine rings is 2. The zero-order valence-electron chi connectivity index (χ0n) is 15.3. The molecular weight excluding hydrogens is 327 g/mol. The molecule has 0 aromatic carbocycles. The van der Waals surface area contributed by atoms with Gasteiger partial charge in [0, 0.05) is 22.8 Å². The van der Waals surface area contributed by atoms with Crippen LogP contribution in [-0.2, 0) is 11.0 Å². The van der Waals surface area contributed by atoms with Crippen LogP contribution < -0.4 is 5.56 Å². The fraction of sp³-hybridized carbons (Fsp3) is 0.444. The molecule has 2 rings (SSSR count). The summed E-state index contributed by atoms with van der Waals surface area (Å²) in [6, 6.07) is 4.59. The number of hydrogen-bond donors (Lipinski definition) is 0.